The van der Waals surface area contributed by atoms with Crippen LogP contribution in [0.3, 0.4) is 0 Å². The smallest absolute Gasteiger partial charge is 0.374 e. The van der Waals surface area contributed by atoms with Crippen molar-refractivity contribution in [1.29, 1.82) is 0 Å². The second-order valence-electron chi connectivity index (χ2n) is 3.96. The predicted molar refractivity (Wildman–Crippen MR) is 73.6 cm³/mol. The zero-order chi connectivity index (χ0) is 15.4. The molecular formula is C11H12Cl2FN3O3. The van der Waals surface area contributed by atoms with Crippen molar-refractivity contribution in [3.63, 3.8) is 0 Å². The second-order valence-corrected chi connectivity index (χ2v) is 4.71. The second kappa shape index (κ2) is 6.71. The number of aromatic nitrogens is 1. The predicted octanol–water partition coefficient (Wildman–Crippen LogP) is 2.82. The number of nitrogen functional groups attached to an aromatic ring is 1. The maximum Gasteiger partial charge on any atom is 0.374 e. The van der Waals surface area contributed by atoms with Crippen LogP contribution in [0.5, 0.6) is 5.88 Å². The van der Waals surface area contributed by atoms with Gasteiger partial charge in [-0.05, 0) is 20.8 Å². The van der Waals surface area contributed by atoms with Crippen LogP contribution in [0.4, 0.5) is 10.1 Å². The maximum absolute atomic E-state index is 13.3. The average molecular weight is 324 g/mol. The van der Waals surface area contributed by atoms with Crippen LogP contribution in [0.1, 0.15) is 20.8 Å². The number of pyridine rings is 1. The molecule has 0 spiro atoms. The van der Waals surface area contributed by atoms with Crippen LogP contribution >= 0.6 is 23.2 Å². The van der Waals surface area contributed by atoms with E-state index in [2.05, 4.69) is 15.0 Å². The van der Waals surface area contributed by atoms with Crippen LogP contribution in [-0.2, 0) is 9.63 Å². The number of halogens is 3. The van der Waals surface area contributed by atoms with E-state index in [1.807, 2.05) is 0 Å². The summed E-state index contributed by atoms with van der Waals surface area (Å²) in [7, 11) is 0. The summed E-state index contributed by atoms with van der Waals surface area (Å²) < 4.78 is 18.4. The number of nitrogens with zero attached hydrogens (tertiary/aromatic N) is 2. The lowest BCUT2D eigenvalue weighted by Crippen LogP contribution is -2.25. The summed E-state index contributed by atoms with van der Waals surface area (Å²) in [5.41, 5.74) is 5.79. The number of hydrogen-bond donors (Lipinski definition) is 1. The number of hydrogen-bond acceptors (Lipinski definition) is 6. The van der Waals surface area contributed by atoms with Crippen LogP contribution in [-0.4, -0.2) is 22.8 Å². The van der Waals surface area contributed by atoms with Crippen LogP contribution in [0.15, 0.2) is 5.16 Å². The standard InChI is InChI=1S/C11H12Cl2FN3O3/c1-4(2)17-20-11(18)5(3)19-10-7(13)8(15)6(12)9(14)16-10/h5H,1-3H3,(H2,15,16). The first kappa shape index (κ1) is 16.5. The number of carbonyl (C=O) groups is 1. The van der Waals surface area contributed by atoms with Crippen LogP contribution in [0, 0.1) is 5.95 Å². The van der Waals surface area contributed by atoms with Gasteiger partial charge >= 0.3 is 5.97 Å². The van der Waals surface area contributed by atoms with E-state index in [0.29, 0.717) is 5.71 Å². The van der Waals surface area contributed by atoms with Gasteiger partial charge in [-0.1, -0.05) is 28.4 Å². The molecule has 1 heterocycles. The minimum Gasteiger partial charge on any atom is -0.461 e. The Morgan fingerprint density at radius 3 is 2.55 bits per heavy atom. The molecule has 0 aliphatic heterocycles. The molecule has 1 unspecified atom stereocenters. The Morgan fingerprint density at radius 2 is 2.00 bits per heavy atom. The molecule has 2 N–H and O–H groups in total. The Morgan fingerprint density at radius 1 is 1.40 bits per heavy atom. The molecule has 1 aromatic heterocycles. The molecule has 110 valence electrons. The fraction of sp³-hybridized carbons (Fsp3) is 0.364. The van der Waals surface area contributed by atoms with Crippen molar-refractivity contribution in [2.24, 2.45) is 5.16 Å². The zero-order valence-corrected chi connectivity index (χ0v) is 12.4. The minimum atomic E-state index is -1.11. The highest BCUT2D eigenvalue weighted by molar-refractivity contribution is 6.39. The van der Waals surface area contributed by atoms with E-state index in [-0.39, 0.29) is 16.6 Å². The third-order valence-electron chi connectivity index (χ3n) is 1.98. The molecule has 6 nitrogen and oxygen atoms in total. The van der Waals surface area contributed by atoms with Gasteiger partial charge in [0.25, 0.3) is 0 Å². The monoisotopic (exact) mass is 323 g/mol. The molecule has 1 atom stereocenters. The van der Waals surface area contributed by atoms with E-state index in [9.17, 15) is 9.18 Å². The SMILES string of the molecule is CC(C)=NOC(=O)C(C)Oc1nc(F)c(Cl)c(N)c1Cl. The summed E-state index contributed by atoms with van der Waals surface area (Å²) in [6.07, 6.45) is -1.11. The largest absolute Gasteiger partial charge is 0.461 e. The topological polar surface area (TPSA) is 86.8 Å². The van der Waals surface area contributed by atoms with Gasteiger partial charge in [0.2, 0.25) is 11.8 Å². The van der Waals surface area contributed by atoms with E-state index >= 15 is 0 Å². The third kappa shape index (κ3) is 3.94. The Kier molecular flexibility index (Phi) is 5.52. The number of rotatable bonds is 4. The highest BCUT2D eigenvalue weighted by atomic mass is 35.5. The van der Waals surface area contributed by atoms with Gasteiger partial charge in [-0.3, -0.25) is 0 Å². The highest BCUT2D eigenvalue weighted by Crippen LogP contribution is 2.35. The molecule has 1 rings (SSSR count). The van der Waals surface area contributed by atoms with Gasteiger partial charge in [0.1, 0.15) is 10.0 Å². The Labute approximate surface area is 124 Å². The van der Waals surface area contributed by atoms with Gasteiger partial charge in [0.05, 0.1) is 11.4 Å². The summed E-state index contributed by atoms with van der Waals surface area (Å²) >= 11 is 11.3. The van der Waals surface area contributed by atoms with Gasteiger partial charge in [-0.2, -0.15) is 9.37 Å². The lowest BCUT2D eigenvalue weighted by molar-refractivity contribution is -0.151. The van der Waals surface area contributed by atoms with Crippen LogP contribution < -0.4 is 10.5 Å². The van der Waals surface area contributed by atoms with Crippen molar-refractivity contribution >= 4 is 40.6 Å². The van der Waals surface area contributed by atoms with E-state index in [1.54, 1.807) is 13.8 Å². The summed E-state index contributed by atoms with van der Waals surface area (Å²) in [5, 5.41) is 2.87. The summed E-state index contributed by atoms with van der Waals surface area (Å²) in [4.78, 5) is 19.5. The fourth-order valence-corrected chi connectivity index (χ4v) is 1.38. The van der Waals surface area contributed by atoms with Gasteiger partial charge in [-0.25, -0.2) is 4.79 Å². The van der Waals surface area contributed by atoms with Crippen molar-refractivity contribution in [3.8, 4) is 5.88 Å². The molecule has 0 aliphatic carbocycles. The van der Waals surface area contributed by atoms with Crippen molar-refractivity contribution in [3.05, 3.63) is 16.0 Å². The number of anilines is 1. The number of nitrogens with two attached hydrogens (primary N) is 1. The molecular weight excluding hydrogens is 312 g/mol. The van der Waals surface area contributed by atoms with E-state index in [4.69, 9.17) is 33.7 Å². The van der Waals surface area contributed by atoms with Gasteiger partial charge in [0.15, 0.2) is 6.10 Å². The molecule has 0 fully saturated rings. The number of carbonyl (C=O) groups excluding carboxylic acids is 1. The molecule has 0 aliphatic rings. The molecule has 0 bridgehead atoms. The van der Waals surface area contributed by atoms with E-state index < -0.39 is 23.0 Å². The summed E-state index contributed by atoms with van der Waals surface area (Å²) in [5.74, 6) is -2.20. The first-order valence-corrected chi connectivity index (χ1v) is 6.18. The molecule has 0 radical (unpaired) electrons. The highest BCUT2D eigenvalue weighted by Gasteiger charge is 2.22. The van der Waals surface area contributed by atoms with Crippen molar-refractivity contribution in [2.45, 2.75) is 26.9 Å². The lowest BCUT2D eigenvalue weighted by atomic mass is 10.4. The molecule has 0 saturated carbocycles. The number of oxime groups is 1. The molecule has 0 aromatic carbocycles. The minimum absolute atomic E-state index is 0.189. The quantitative estimate of drug-likeness (QED) is 0.398. The number of ether oxygens (including phenoxy) is 1. The van der Waals surface area contributed by atoms with Crippen LogP contribution in [0.25, 0.3) is 0 Å². The molecule has 0 amide bonds. The van der Waals surface area contributed by atoms with E-state index in [1.165, 1.54) is 6.92 Å². The zero-order valence-electron chi connectivity index (χ0n) is 10.9. The molecule has 20 heavy (non-hydrogen) atoms. The Hall–Kier alpha value is -1.60. The van der Waals surface area contributed by atoms with E-state index in [0.717, 1.165) is 0 Å². The molecule has 1 aromatic rings. The van der Waals surface area contributed by atoms with Gasteiger partial charge in [0, 0.05) is 0 Å². The van der Waals surface area contributed by atoms with Gasteiger partial charge in [-0.15, -0.1) is 0 Å². The molecule has 0 saturated heterocycles. The average Bonchev–Trinajstić information content (AvgIpc) is 2.39. The fourth-order valence-electron chi connectivity index (χ4n) is 1.01. The Balaban J connectivity index is 2.89. The summed E-state index contributed by atoms with van der Waals surface area (Å²) in [6, 6.07) is 0. The van der Waals surface area contributed by atoms with Crippen molar-refractivity contribution < 1.29 is 18.8 Å². The lowest BCUT2D eigenvalue weighted by Gasteiger charge is -2.13. The Bertz CT molecular complexity index is 562. The van der Waals surface area contributed by atoms with Crippen molar-refractivity contribution in [2.75, 3.05) is 5.73 Å². The van der Waals surface area contributed by atoms with Crippen molar-refractivity contribution in [1.82, 2.24) is 4.98 Å². The van der Waals surface area contributed by atoms with Crippen LogP contribution in [0.2, 0.25) is 10.0 Å². The molecule has 9 heteroatoms. The third-order valence-corrected chi connectivity index (χ3v) is 2.70. The first-order valence-electron chi connectivity index (χ1n) is 5.42. The van der Waals surface area contributed by atoms with Gasteiger partial charge < -0.3 is 15.3 Å². The normalized spacial score (nSPS) is 11.7. The maximum atomic E-state index is 13.3. The summed E-state index contributed by atoms with van der Waals surface area (Å²) in [6.45, 7) is 4.66. The first-order chi connectivity index (χ1) is 9.23.